The molecule has 0 fully saturated rings. The van der Waals surface area contributed by atoms with E-state index in [1.54, 1.807) is 6.92 Å². The van der Waals surface area contributed by atoms with Crippen LogP contribution in [0.4, 0.5) is 0 Å². The van der Waals surface area contributed by atoms with Gasteiger partial charge < -0.3 is 14.6 Å². The standard InChI is InChI=1S/C12H21ClO5/c1-4-11(18-12(16)7-13)6-10(15)5-8(2)17-9(3)14/h8,10-11,15H,4-7H2,1-3H3. The summed E-state index contributed by atoms with van der Waals surface area (Å²) in [6.07, 6.45) is -0.192. The van der Waals surface area contributed by atoms with Gasteiger partial charge in [0.25, 0.3) is 0 Å². The Morgan fingerprint density at radius 1 is 1.28 bits per heavy atom. The van der Waals surface area contributed by atoms with E-state index in [4.69, 9.17) is 21.1 Å². The summed E-state index contributed by atoms with van der Waals surface area (Å²) in [5.41, 5.74) is 0. The summed E-state index contributed by atoms with van der Waals surface area (Å²) < 4.78 is 9.95. The molecule has 0 aromatic rings. The number of carbonyl (C=O) groups is 2. The fraction of sp³-hybridized carbons (Fsp3) is 0.833. The van der Waals surface area contributed by atoms with Crippen LogP contribution < -0.4 is 0 Å². The van der Waals surface area contributed by atoms with Crippen molar-refractivity contribution >= 4 is 23.5 Å². The summed E-state index contributed by atoms with van der Waals surface area (Å²) >= 11 is 5.34. The predicted molar refractivity (Wildman–Crippen MR) is 67.4 cm³/mol. The van der Waals surface area contributed by atoms with Crippen molar-refractivity contribution in [3.05, 3.63) is 0 Å². The van der Waals surface area contributed by atoms with Crippen LogP contribution in [-0.2, 0) is 19.1 Å². The summed E-state index contributed by atoms with van der Waals surface area (Å²) in [5, 5.41) is 9.80. The summed E-state index contributed by atoms with van der Waals surface area (Å²) in [7, 11) is 0. The average Bonchev–Trinajstić information content (AvgIpc) is 2.26. The average molecular weight is 281 g/mol. The highest BCUT2D eigenvalue weighted by atomic mass is 35.5. The Balaban J connectivity index is 4.06. The molecular weight excluding hydrogens is 260 g/mol. The topological polar surface area (TPSA) is 72.8 Å². The minimum atomic E-state index is -0.688. The van der Waals surface area contributed by atoms with E-state index in [1.165, 1.54) is 6.92 Å². The summed E-state index contributed by atoms with van der Waals surface area (Å²) in [4.78, 5) is 21.7. The zero-order chi connectivity index (χ0) is 14.1. The monoisotopic (exact) mass is 280 g/mol. The summed E-state index contributed by atoms with van der Waals surface area (Å²) in [6, 6.07) is 0. The minimum Gasteiger partial charge on any atom is -0.463 e. The molecule has 0 bridgehead atoms. The van der Waals surface area contributed by atoms with Crippen molar-refractivity contribution in [2.45, 2.75) is 58.3 Å². The van der Waals surface area contributed by atoms with Crippen LogP contribution in [0.25, 0.3) is 0 Å². The number of rotatable bonds is 8. The van der Waals surface area contributed by atoms with Crippen LogP contribution in [0.15, 0.2) is 0 Å². The van der Waals surface area contributed by atoms with Crippen molar-refractivity contribution in [3.63, 3.8) is 0 Å². The van der Waals surface area contributed by atoms with Crippen LogP contribution in [0.1, 0.15) is 40.0 Å². The van der Waals surface area contributed by atoms with Crippen molar-refractivity contribution in [1.29, 1.82) is 0 Å². The van der Waals surface area contributed by atoms with Gasteiger partial charge in [0.05, 0.1) is 6.10 Å². The fourth-order valence-electron chi connectivity index (χ4n) is 1.63. The van der Waals surface area contributed by atoms with Crippen LogP contribution >= 0.6 is 11.6 Å². The zero-order valence-corrected chi connectivity index (χ0v) is 11.8. The third-order valence-electron chi connectivity index (χ3n) is 2.37. The van der Waals surface area contributed by atoms with Gasteiger partial charge in [-0.15, -0.1) is 11.6 Å². The van der Waals surface area contributed by atoms with Crippen molar-refractivity contribution < 1.29 is 24.2 Å². The number of carbonyl (C=O) groups excluding carboxylic acids is 2. The number of ether oxygens (including phenoxy) is 2. The third kappa shape index (κ3) is 8.31. The Hall–Kier alpha value is -0.810. The van der Waals surface area contributed by atoms with E-state index in [0.717, 1.165) is 0 Å². The second-order valence-corrected chi connectivity index (χ2v) is 4.47. The Bertz CT molecular complexity index is 269. The lowest BCUT2D eigenvalue weighted by Gasteiger charge is -2.21. The van der Waals surface area contributed by atoms with Crippen LogP contribution in [0, 0.1) is 0 Å². The quantitative estimate of drug-likeness (QED) is 0.540. The first-order valence-electron chi connectivity index (χ1n) is 5.99. The van der Waals surface area contributed by atoms with E-state index in [0.29, 0.717) is 19.3 Å². The number of hydrogen-bond donors (Lipinski definition) is 1. The molecule has 0 aromatic carbocycles. The molecule has 0 saturated carbocycles. The number of aliphatic hydroxyl groups excluding tert-OH is 1. The molecular formula is C12H21ClO5. The molecule has 1 N–H and O–H groups in total. The molecule has 0 aliphatic heterocycles. The van der Waals surface area contributed by atoms with Crippen molar-refractivity contribution in [3.8, 4) is 0 Å². The van der Waals surface area contributed by atoms with Gasteiger partial charge in [0, 0.05) is 19.8 Å². The van der Waals surface area contributed by atoms with Crippen LogP contribution in [0.2, 0.25) is 0 Å². The molecule has 0 heterocycles. The van der Waals surface area contributed by atoms with Crippen LogP contribution in [0.5, 0.6) is 0 Å². The van der Waals surface area contributed by atoms with Crippen molar-refractivity contribution in [2.75, 3.05) is 5.88 Å². The molecule has 0 radical (unpaired) electrons. The minimum absolute atomic E-state index is 0.198. The van der Waals surface area contributed by atoms with Gasteiger partial charge in [-0.1, -0.05) is 6.92 Å². The third-order valence-corrected chi connectivity index (χ3v) is 2.59. The van der Waals surface area contributed by atoms with Gasteiger partial charge in [-0.25, -0.2) is 0 Å². The molecule has 0 amide bonds. The molecule has 0 rings (SSSR count). The van der Waals surface area contributed by atoms with E-state index >= 15 is 0 Å². The van der Waals surface area contributed by atoms with E-state index in [2.05, 4.69) is 0 Å². The SMILES string of the molecule is CCC(CC(O)CC(C)OC(C)=O)OC(=O)CCl. The predicted octanol–water partition coefficient (Wildman–Crippen LogP) is 1.64. The molecule has 0 aliphatic carbocycles. The molecule has 0 spiro atoms. The summed E-state index contributed by atoms with van der Waals surface area (Å²) in [5.74, 6) is -1.07. The van der Waals surface area contributed by atoms with Gasteiger partial charge in [0.1, 0.15) is 18.1 Å². The number of hydrogen-bond acceptors (Lipinski definition) is 5. The van der Waals surface area contributed by atoms with Gasteiger partial charge >= 0.3 is 11.9 Å². The normalized spacial score (nSPS) is 15.6. The lowest BCUT2D eigenvalue weighted by Crippen LogP contribution is -2.27. The fourth-order valence-corrected chi connectivity index (χ4v) is 1.69. The van der Waals surface area contributed by atoms with Crippen LogP contribution in [-0.4, -0.2) is 41.2 Å². The van der Waals surface area contributed by atoms with Crippen LogP contribution in [0.3, 0.4) is 0 Å². The van der Waals surface area contributed by atoms with Gasteiger partial charge in [-0.05, 0) is 13.3 Å². The molecule has 106 valence electrons. The Kier molecular flexibility index (Phi) is 8.75. The zero-order valence-electron chi connectivity index (χ0n) is 11.0. The number of esters is 2. The van der Waals surface area contributed by atoms with Gasteiger partial charge in [-0.3, -0.25) is 9.59 Å². The number of aliphatic hydroxyl groups is 1. The Morgan fingerprint density at radius 3 is 2.33 bits per heavy atom. The molecule has 5 nitrogen and oxygen atoms in total. The molecule has 0 saturated heterocycles. The maximum absolute atomic E-state index is 11.0. The number of halogens is 1. The maximum Gasteiger partial charge on any atom is 0.321 e. The molecule has 6 heteroatoms. The smallest absolute Gasteiger partial charge is 0.321 e. The first-order chi connectivity index (χ1) is 8.38. The molecule has 3 unspecified atom stereocenters. The second-order valence-electron chi connectivity index (χ2n) is 4.20. The summed E-state index contributed by atoms with van der Waals surface area (Å²) in [6.45, 7) is 4.88. The van der Waals surface area contributed by atoms with Crippen molar-refractivity contribution in [2.24, 2.45) is 0 Å². The highest BCUT2D eigenvalue weighted by Gasteiger charge is 2.19. The highest BCUT2D eigenvalue weighted by Crippen LogP contribution is 2.13. The lowest BCUT2D eigenvalue weighted by atomic mass is 10.0. The van der Waals surface area contributed by atoms with Crippen molar-refractivity contribution in [1.82, 2.24) is 0 Å². The second kappa shape index (κ2) is 9.16. The van der Waals surface area contributed by atoms with E-state index < -0.39 is 12.1 Å². The number of alkyl halides is 1. The van der Waals surface area contributed by atoms with E-state index in [1.807, 2.05) is 6.92 Å². The first kappa shape index (κ1) is 17.2. The van der Waals surface area contributed by atoms with E-state index in [9.17, 15) is 14.7 Å². The first-order valence-corrected chi connectivity index (χ1v) is 6.53. The largest absolute Gasteiger partial charge is 0.463 e. The Labute approximate surface area is 112 Å². The van der Waals surface area contributed by atoms with Gasteiger partial charge in [0.2, 0.25) is 0 Å². The molecule has 3 atom stereocenters. The van der Waals surface area contributed by atoms with E-state index in [-0.39, 0.29) is 24.1 Å². The lowest BCUT2D eigenvalue weighted by molar-refractivity contribution is -0.148. The Morgan fingerprint density at radius 2 is 1.89 bits per heavy atom. The van der Waals surface area contributed by atoms with Gasteiger partial charge in [-0.2, -0.15) is 0 Å². The maximum atomic E-state index is 11.0. The van der Waals surface area contributed by atoms with Gasteiger partial charge in [0.15, 0.2) is 0 Å². The molecule has 0 aromatic heterocycles. The molecule has 0 aliphatic rings. The highest BCUT2D eigenvalue weighted by molar-refractivity contribution is 6.26. The molecule has 18 heavy (non-hydrogen) atoms.